The van der Waals surface area contributed by atoms with Gasteiger partial charge in [0, 0.05) is 12.7 Å². The molecule has 0 saturated carbocycles. The highest BCUT2D eigenvalue weighted by Gasteiger charge is 2.24. The molecule has 1 fully saturated rings. The van der Waals surface area contributed by atoms with E-state index in [-0.39, 0.29) is 0 Å². The van der Waals surface area contributed by atoms with Crippen molar-refractivity contribution in [1.29, 1.82) is 0 Å². The van der Waals surface area contributed by atoms with Gasteiger partial charge in [0.1, 0.15) is 11.3 Å². The van der Waals surface area contributed by atoms with E-state index in [4.69, 9.17) is 0 Å². The van der Waals surface area contributed by atoms with Crippen molar-refractivity contribution in [2.45, 2.75) is 19.4 Å². The number of likely N-dealkylation sites (tertiary alicyclic amines) is 1. The van der Waals surface area contributed by atoms with Crippen molar-refractivity contribution in [3.63, 3.8) is 0 Å². The van der Waals surface area contributed by atoms with Crippen LogP contribution in [0.5, 0.6) is 0 Å². The van der Waals surface area contributed by atoms with Crippen LogP contribution in [0.4, 0.5) is 0 Å². The Morgan fingerprint density at radius 2 is 2.31 bits per heavy atom. The number of aromatic nitrogens is 3. The van der Waals surface area contributed by atoms with Gasteiger partial charge in [0.15, 0.2) is 5.65 Å². The third-order valence-electron chi connectivity index (χ3n) is 3.36. The molecular weight excluding hydrogens is 200 g/mol. The molecule has 1 saturated heterocycles. The molecule has 4 nitrogen and oxygen atoms in total. The highest BCUT2D eigenvalue weighted by Crippen LogP contribution is 2.25. The molecule has 0 bridgehead atoms. The summed E-state index contributed by atoms with van der Waals surface area (Å²) in [4.78, 5) is 11.4. The Morgan fingerprint density at radius 3 is 3.06 bits per heavy atom. The van der Waals surface area contributed by atoms with Crippen LogP contribution in [-0.4, -0.2) is 39.6 Å². The topological polar surface area (TPSA) is 34.0 Å². The highest BCUT2D eigenvalue weighted by molar-refractivity contribution is 5.71. The van der Waals surface area contributed by atoms with Gasteiger partial charge in [-0.1, -0.05) is 0 Å². The lowest BCUT2D eigenvalue weighted by molar-refractivity contribution is 0.392. The van der Waals surface area contributed by atoms with E-state index in [2.05, 4.69) is 33.4 Å². The first kappa shape index (κ1) is 9.78. The number of pyridine rings is 1. The van der Waals surface area contributed by atoms with E-state index < -0.39 is 0 Å². The second kappa shape index (κ2) is 3.56. The minimum Gasteiger partial charge on any atom is -0.308 e. The number of imidazole rings is 1. The van der Waals surface area contributed by atoms with Crippen LogP contribution in [0.25, 0.3) is 11.2 Å². The predicted molar refractivity (Wildman–Crippen MR) is 63.4 cm³/mol. The number of nitrogens with zero attached hydrogens (tertiary/aromatic N) is 4. The van der Waals surface area contributed by atoms with E-state index in [1.54, 1.807) is 0 Å². The van der Waals surface area contributed by atoms with Crippen LogP contribution in [-0.2, 0) is 0 Å². The molecule has 0 aromatic carbocycles. The van der Waals surface area contributed by atoms with Crippen LogP contribution in [0.3, 0.4) is 0 Å². The van der Waals surface area contributed by atoms with E-state index in [1.165, 1.54) is 6.42 Å². The quantitative estimate of drug-likeness (QED) is 0.726. The minimum absolute atomic E-state index is 0.532. The number of aryl methyl sites for hydroxylation is 1. The van der Waals surface area contributed by atoms with Crippen LogP contribution in [0.15, 0.2) is 18.3 Å². The first-order valence-electron chi connectivity index (χ1n) is 5.74. The van der Waals surface area contributed by atoms with Gasteiger partial charge in [0.25, 0.3) is 0 Å². The number of likely N-dealkylation sites (N-methyl/N-ethyl adjacent to an activating group) is 1. The molecule has 0 amide bonds. The molecule has 3 heterocycles. The van der Waals surface area contributed by atoms with Crippen LogP contribution >= 0.6 is 0 Å². The molecular formula is C12H16N4. The largest absolute Gasteiger partial charge is 0.308 e. The molecule has 0 unspecified atom stereocenters. The molecule has 0 aliphatic carbocycles. The Bertz CT molecular complexity index is 517. The summed E-state index contributed by atoms with van der Waals surface area (Å²) in [7, 11) is 2.17. The molecule has 84 valence electrons. The van der Waals surface area contributed by atoms with Gasteiger partial charge in [-0.15, -0.1) is 0 Å². The Morgan fingerprint density at radius 1 is 1.44 bits per heavy atom. The fourth-order valence-corrected chi connectivity index (χ4v) is 2.60. The van der Waals surface area contributed by atoms with Gasteiger partial charge in [-0.2, -0.15) is 0 Å². The van der Waals surface area contributed by atoms with Crippen LogP contribution in [0.1, 0.15) is 18.3 Å². The van der Waals surface area contributed by atoms with Crippen molar-refractivity contribution in [3.8, 4) is 0 Å². The van der Waals surface area contributed by atoms with Gasteiger partial charge in [0.05, 0.1) is 6.04 Å². The Hall–Kier alpha value is -1.42. The molecule has 0 radical (unpaired) electrons. The fourth-order valence-electron chi connectivity index (χ4n) is 2.60. The zero-order chi connectivity index (χ0) is 11.1. The molecule has 2 aromatic heterocycles. The lowest BCUT2D eigenvalue weighted by Gasteiger charge is -2.14. The zero-order valence-corrected chi connectivity index (χ0v) is 9.72. The summed E-state index contributed by atoms with van der Waals surface area (Å²) in [6.07, 6.45) is 3.04. The summed E-state index contributed by atoms with van der Waals surface area (Å²) in [6.45, 7) is 4.33. The molecule has 0 spiro atoms. The van der Waals surface area contributed by atoms with Gasteiger partial charge in [-0.05, 0) is 39.1 Å². The summed E-state index contributed by atoms with van der Waals surface area (Å²) in [6, 6.07) is 4.51. The smallest absolute Gasteiger partial charge is 0.160 e. The van der Waals surface area contributed by atoms with E-state index in [1.807, 2.05) is 18.3 Å². The molecule has 0 N–H and O–H groups in total. The second-order valence-electron chi connectivity index (χ2n) is 4.58. The monoisotopic (exact) mass is 216 g/mol. The first-order chi connectivity index (χ1) is 7.75. The molecule has 16 heavy (non-hydrogen) atoms. The van der Waals surface area contributed by atoms with Gasteiger partial charge < -0.3 is 9.47 Å². The van der Waals surface area contributed by atoms with Crippen LogP contribution < -0.4 is 0 Å². The molecule has 1 aliphatic heterocycles. The summed E-state index contributed by atoms with van der Waals surface area (Å²) in [5.41, 5.74) is 2.04. The van der Waals surface area contributed by atoms with Crippen molar-refractivity contribution in [2.75, 3.05) is 20.1 Å². The van der Waals surface area contributed by atoms with E-state index >= 15 is 0 Å². The summed E-state index contributed by atoms with van der Waals surface area (Å²) in [5.74, 6) is 1.08. The Balaban J connectivity index is 2.12. The third-order valence-corrected chi connectivity index (χ3v) is 3.36. The molecule has 1 aliphatic rings. The maximum atomic E-state index is 4.56. The highest BCUT2D eigenvalue weighted by atomic mass is 15.2. The average molecular weight is 216 g/mol. The number of hydrogen-bond donors (Lipinski definition) is 0. The van der Waals surface area contributed by atoms with Gasteiger partial charge in [0.2, 0.25) is 0 Å². The fraction of sp³-hybridized carbons (Fsp3) is 0.500. The van der Waals surface area contributed by atoms with Crippen molar-refractivity contribution in [2.24, 2.45) is 0 Å². The van der Waals surface area contributed by atoms with E-state index in [9.17, 15) is 0 Å². The number of rotatable bonds is 1. The Kier molecular flexibility index (Phi) is 2.17. The zero-order valence-electron chi connectivity index (χ0n) is 9.72. The van der Waals surface area contributed by atoms with Crippen molar-refractivity contribution < 1.29 is 0 Å². The SMILES string of the molecule is Cc1nc2cccnc2n1[C@H]1CCN(C)C1. The lowest BCUT2D eigenvalue weighted by Crippen LogP contribution is -2.17. The van der Waals surface area contributed by atoms with E-state index in [0.717, 1.165) is 30.1 Å². The third kappa shape index (κ3) is 1.41. The summed E-state index contributed by atoms with van der Waals surface area (Å²) < 4.78 is 2.29. The number of hydrogen-bond acceptors (Lipinski definition) is 3. The van der Waals surface area contributed by atoms with Gasteiger partial charge >= 0.3 is 0 Å². The summed E-state index contributed by atoms with van der Waals surface area (Å²) >= 11 is 0. The lowest BCUT2D eigenvalue weighted by atomic mass is 10.2. The average Bonchev–Trinajstić information content (AvgIpc) is 2.80. The summed E-state index contributed by atoms with van der Waals surface area (Å²) in [5, 5.41) is 0. The predicted octanol–water partition coefficient (Wildman–Crippen LogP) is 1.62. The Labute approximate surface area is 94.9 Å². The van der Waals surface area contributed by atoms with Gasteiger partial charge in [-0.3, -0.25) is 0 Å². The minimum atomic E-state index is 0.532. The van der Waals surface area contributed by atoms with Crippen molar-refractivity contribution in [3.05, 3.63) is 24.2 Å². The normalized spacial score (nSPS) is 22.0. The van der Waals surface area contributed by atoms with Crippen molar-refractivity contribution >= 4 is 11.2 Å². The van der Waals surface area contributed by atoms with Crippen molar-refractivity contribution in [1.82, 2.24) is 19.4 Å². The van der Waals surface area contributed by atoms with E-state index in [0.29, 0.717) is 6.04 Å². The maximum absolute atomic E-state index is 4.56. The second-order valence-corrected chi connectivity index (χ2v) is 4.58. The molecule has 3 rings (SSSR count). The molecule has 2 aromatic rings. The van der Waals surface area contributed by atoms with Crippen LogP contribution in [0.2, 0.25) is 0 Å². The van der Waals surface area contributed by atoms with Gasteiger partial charge in [-0.25, -0.2) is 9.97 Å². The molecule has 1 atom stereocenters. The standard InChI is InChI=1S/C12H16N4/c1-9-14-11-4-3-6-13-12(11)16(9)10-5-7-15(2)8-10/h3-4,6,10H,5,7-8H2,1-2H3/t10-/m0/s1. The first-order valence-corrected chi connectivity index (χ1v) is 5.74. The van der Waals surface area contributed by atoms with Crippen LogP contribution in [0, 0.1) is 6.92 Å². The molecule has 4 heteroatoms. The maximum Gasteiger partial charge on any atom is 0.160 e. The number of fused-ring (bicyclic) bond motifs is 1.